The number of ether oxygens (including phenoxy) is 3. The van der Waals surface area contributed by atoms with E-state index in [1.54, 1.807) is 17.9 Å². The molecule has 1 aromatic rings. The summed E-state index contributed by atoms with van der Waals surface area (Å²) in [6.07, 6.45) is 2.00. The van der Waals surface area contributed by atoms with Gasteiger partial charge < -0.3 is 19.1 Å². The lowest BCUT2D eigenvalue weighted by molar-refractivity contribution is -0.142. The Bertz CT molecular complexity index is 767. The van der Waals surface area contributed by atoms with E-state index in [1.165, 1.54) is 13.2 Å². The van der Waals surface area contributed by atoms with Gasteiger partial charge in [0, 0.05) is 18.7 Å². The Morgan fingerprint density at radius 3 is 2.50 bits per heavy atom. The molecule has 7 heteroatoms. The summed E-state index contributed by atoms with van der Waals surface area (Å²) in [5.74, 6) is -0.926. The van der Waals surface area contributed by atoms with E-state index in [-0.39, 0.29) is 24.9 Å². The summed E-state index contributed by atoms with van der Waals surface area (Å²) < 4.78 is 30.0. The van der Waals surface area contributed by atoms with Crippen LogP contribution in [0.25, 0.3) is 5.57 Å². The van der Waals surface area contributed by atoms with Crippen molar-refractivity contribution in [1.82, 2.24) is 4.90 Å². The number of rotatable bonds is 5. The van der Waals surface area contributed by atoms with E-state index in [1.807, 2.05) is 26.8 Å². The number of hydrogen-bond acceptors (Lipinski definition) is 5. The van der Waals surface area contributed by atoms with Crippen molar-refractivity contribution in [3.05, 3.63) is 35.2 Å². The van der Waals surface area contributed by atoms with Gasteiger partial charge in [0.05, 0.1) is 20.1 Å². The highest BCUT2D eigenvalue weighted by atomic mass is 19.1. The standard InChI is InChI=1S/C21H28FNO5/c1-6-27-18(24)13-16-11-15(12-17(22)19(16)26-5)14-7-9-23(10-8-14)20(25)28-21(2,3)4/h7,11-12H,6,8-10,13H2,1-5H3. The van der Waals surface area contributed by atoms with Crippen LogP contribution < -0.4 is 4.74 Å². The molecule has 0 atom stereocenters. The van der Waals surface area contributed by atoms with Crippen molar-refractivity contribution in [2.75, 3.05) is 26.8 Å². The lowest BCUT2D eigenvalue weighted by atomic mass is 9.96. The summed E-state index contributed by atoms with van der Waals surface area (Å²) >= 11 is 0. The van der Waals surface area contributed by atoms with Crippen LogP contribution >= 0.6 is 0 Å². The number of esters is 1. The van der Waals surface area contributed by atoms with Crippen molar-refractivity contribution in [3.63, 3.8) is 0 Å². The Balaban J connectivity index is 2.20. The molecule has 0 N–H and O–H groups in total. The molecule has 0 fully saturated rings. The molecule has 1 aromatic carbocycles. The first-order chi connectivity index (χ1) is 13.1. The molecular formula is C21H28FNO5. The van der Waals surface area contributed by atoms with E-state index in [0.717, 1.165) is 5.57 Å². The van der Waals surface area contributed by atoms with Crippen molar-refractivity contribution in [2.45, 2.75) is 46.1 Å². The number of halogens is 1. The summed E-state index contributed by atoms with van der Waals surface area (Å²) in [5, 5.41) is 0. The Morgan fingerprint density at radius 1 is 1.25 bits per heavy atom. The highest BCUT2D eigenvalue weighted by Gasteiger charge is 2.25. The second kappa shape index (κ2) is 9.08. The average molecular weight is 393 g/mol. The lowest BCUT2D eigenvalue weighted by Crippen LogP contribution is -2.39. The Morgan fingerprint density at radius 2 is 1.96 bits per heavy atom. The van der Waals surface area contributed by atoms with Crippen LogP contribution in [-0.4, -0.2) is 49.4 Å². The quantitative estimate of drug-likeness (QED) is 0.709. The third-order valence-corrected chi connectivity index (χ3v) is 4.20. The van der Waals surface area contributed by atoms with Crippen LogP contribution in [0.3, 0.4) is 0 Å². The van der Waals surface area contributed by atoms with Gasteiger partial charge in [0.1, 0.15) is 5.60 Å². The van der Waals surface area contributed by atoms with E-state index in [9.17, 15) is 14.0 Å². The number of hydrogen-bond donors (Lipinski definition) is 0. The molecule has 0 unspecified atom stereocenters. The molecule has 0 spiro atoms. The van der Waals surface area contributed by atoms with Crippen LogP contribution in [0.5, 0.6) is 5.75 Å². The monoisotopic (exact) mass is 393 g/mol. The second-order valence-corrected chi connectivity index (χ2v) is 7.54. The molecule has 28 heavy (non-hydrogen) atoms. The fourth-order valence-electron chi connectivity index (χ4n) is 2.99. The zero-order chi connectivity index (χ0) is 20.9. The number of carbonyl (C=O) groups excluding carboxylic acids is 2. The van der Waals surface area contributed by atoms with Gasteiger partial charge in [-0.2, -0.15) is 0 Å². The maximum Gasteiger partial charge on any atom is 0.410 e. The lowest BCUT2D eigenvalue weighted by Gasteiger charge is -2.29. The summed E-state index contributed by atoms with van der Waals surface area (Å²) in [4.78, 5) is 25.6. The minimum absolute atomic E-state index is 0.0450. The number of benzene rings is 1. The molecule has 6 nitrogen and oxygen atoms in total. The molecule has 154 valence electrons. The number of methoxy groups -OCH3 is 1. The highest BCUT2D eigenvalue weighted by molar-refractivity contribution is 5.76. The maximum atomic E-state index is 14.5. The van der Waals surface area contributed by atoms with Crippen LogP contribution in [0, 0.1) is 5.82 Å². The third kappa shape index (κ3) is 5.71. The summed E-state index contributed by atoms with van der Waals surface area (Å²) in [5.41, 5.74) is 1.46. The van der Waals surface area contributed by atoms with Crippen LogP contribution in [0.4, 0.5) is 9.18 Å². The number of carbonyl (C=O) groups is 2. The first-order valence-corrected chi connectivity index (χ1v) is 9.34. The zero-order valence-corrected chi connectivity index (χ0v) is 17.1. The van der Waals surface area contributed by atoms with Crippen molar-refractivity contribution in [2.24, 2.45) is 0 Å². The molecule has 2 rings (SSSR count). The molecule has 0 radical (unpaired) electrons. The van der Waals surface area contributed by atoms with E-state index < -0.39 is 17.4 Å². The van der Waals surface area contributed by atoms with Gasteiger partial charge in [0.25, 0.3) is 0 Å². The molecule has 0 saturated heterocycles. The zero-order valence-electron chi connectivity index (χ0n) is 17.1. The second-order valence-electron chi connectivity index (χ2n) is 7.54. The van der Waals surface area contributed by atoms with E-state index >= 15 is 0 Å². The average Bonchev–Trinajstić information content (AvgIpc) is 2.60. The summed E-state index contributed by atoms with van der Waals surface area (Å²) in [6, 6.07) is 3.14. The molecule has 0 aromatic heterocycles. The van der Waals surface area contributed by atoms with Crippen molar-refractivity contribution < 1.29 is 28.2 Å². The fraction of sp³-hybridized carbons (Fsp3) is 0.524. The fourth-order valence-corrected chi connectivity index (χ4v) is 2.99. The van der Waals surface area contributed by atoms with Gasteiger partial charge in [0.15, 0.2) is 11.6 Å². The first kappa shape index (κ1) is 21.7. The predicted molar refractivity (Wildman–Crippen MR) is 104 cm³/mol. The van der Waals surface area contributed by atoms with Gasteiger partial charge in [-0.15, -0.1) is 0 Å². The predicted octanol–water partition coefficient (Wildman–Crippen LogP) is 3.96. The molecule has 1 heterocycles. The van der Waals surface area contributed by atoms with Crippen molar-refractivity contribution >= 4 is 17.6 Å². The number of amides is 1. The Hall–Kier alpha value is -2.57. The maximum absolute atomic E-state index is 14.5. The first-order valence-electron chi connectivity index (χ1n) is 9.34. The minimum atomic E-state index is -0.553. The van der Waals surface area contributed by atoms with Gasteiger partial charge in [-0.25, -0.2) is 9.18 Å². The molecular weight excluding hydrogens is 365 g/mol. The van der Waals surface area contributed by atoms with E-state index in [2.05, 4.69) is 0 Å². The van der Waals surface area contributed by atoms with E-state index in [4.69, 9.17) is 14.2 Å². The molecule has 0 bridgehead atoms. The van der Waals surface area contributed by atoms with Crippen LogP contribution in [0.15, 0.2) is 18.2 Å². The molecule has 1 aliphatic rings. The minimum Gasteiger partial charge on any atom is -0.493 e. The van der Waals surface area contributed by atoms with Crippen molar-refractivity contribution in [3.8, 4) is 5.75 Å². The number of nitrogens with zero attached hydrogens (tertiary/aromatic N) is 1. The van der Waals surface area contributed by atoms with Gasteiger partial charge in [0.2, 0.25) is 0 Å². The largest absolute Gasteiger partial charge is 0.493 e. The molecule has 0 aliphatic carbocycles. The van der Waals surface area contributed by atoms with Gasteiger partial charge in [-0.3, -0.25) is 4.79 Å². The van der Waals surface area contributed by atoms with Gasteiger partial charge in [-0.05, 0) is 57.4 Å². The molecule has 1 amide bonds. The summed E-state index contributed by atoms with van der Waals surface area (Å²) in [7, 11) is 1.37. The SMILES string of the molecule is CCOC(=O)Cc1cc(C2=CCN(C(=O)OC(C)(C)C)CC2)cc(F)c1OC. The van der Waals surface area contributed by atoms with Crippen LogP contribution in [0.1, 0.15) is 45.2 Å². The topological polar surface area (TPSA) is 65.1 Å². The van der Waals surface area contributed by atoms with Crippen LogP contribution in [-0.2, 0) is 20.7 Å². The van der Waals surface area contributed by atoms with Gasteiger partial charge >= 0.3 is 12.1 Å². The third-order valence-electron chi connectivity index (χ3n) is 4.20. The Labute approximate surface area is 165 Å². The molecule has 1 aliphatic heterocycles. The van der Waals surface area contributed by atoms with E-state index in [0.29, 0.717) is 30.6 Å². The van der Waals surface area contributed by atoms with Crippen LogP contribution in [0.2, 0.25) is 0 Å². The Kier molecular flexibility index (Phi) is 7.05. The summed E-state index contributed by atoms with van der Waals surface area (Å²) in [6.45, 7) is 8.29. The van der Waals surface area contributed by atoms with Crippen molar-refractivity contribution in [1.29, 1.82) is 0 Å². The normalized spacial score (nSPS) is 14.4. The highest BCUT2D eigenvalue weighted by Crippen LogP contribution is 2.31. The molecule has 0 saturated carbocycles. The smallest absolute Gasteiger partial charge is 0.410 e. The van der Waals surface area contributed by atoms with Gasteiger partial charge in [-0.1, -0.05) is 6.08 Å².